The first-order valence-electron chi connectivity index (χ1n) is 10.00. The van der Waals surface area contributed by atoms with Crippen LogP contribution in [0, 0.1) is 0 Å². The fourth-order valence-electron chi connectivity index (χ4n) is 3.31. The molecule has 0 N–H and O–H groups in total. The van der Waals surface area contributed by atoms with E-state index in [4.69, 9.17) is 14.2 Å². The fourth-order valence-corrected chi connectivity index (χ4v) is 3.31. The van der Waals surface area contributed by atoms with Gasteiger partial charge in [0, 0.05) is 31.6 Å². The minimum Gasteiger partial charge on any atom is -0.497 e. The summed E-state index contributed by atoms with van der Waals surface area (Å²) < 4.78 is 54.0. The van der Waals surface area contributed by atoms with Crippen LogP contribution in [0.15, 0.2) is 18.2 Å². The molecule has 0 unspecified atom stereocenters. The quantitative estimate of drug-likeness (QED) is 0.614. The van der Waals surface area contributed by atoms with Crippen molar-refractivity contribution in [2.75, 3.05) is 33.9 Å². The summed E-state index contributed by atoms with van der Waals surface area (Å²) >= 11 is 0. The first-order chi connectivity index (χ1) is 14.5. The Hall–Kier alpha value is -2.49. The summed E-state index contributed by atoms with van der Waals surface area (Å²) in [4.78, 5) is 27.7. The lowest BCUT2D eigenvalue weighted by Crippen LogP contribution is -2.42. The molecule has 0 aromatic heterocycles. The number of benzene rings is 1. The summed E-state index contributed by atoms with van der Waals surface area (Å²) in [5.74, 6) is 0.140. The highest BCUT2D eigenvalue weighted by atomic mass is 19.4. The summed E-state index contributed by atoms with van der Waals surface area (Å²) in [6, 6.07) is 5.13. The van der Waals surface area contributed by atoms with Crippen molar-refractivity contribution in [2.24, 2.45) is 0 Å². The molecule has 1 atom stereocenters. The molecule has 1 heterocycles. The molecule has 2 amide bonds. The topological polar surface area (TPSA) is 68.3 Å². The first-order valence-corrected chi connectivity index (χ1v) is 10.00. The zero-order chi connectivity index (χ0) is 23.2. The predicted molar refractivity (Wildman–Crippen MR) is 107 cm³/mol. The number of hydrogen-bond donors (Lipinski definition) is 0. The van der Waals surface area contributed by atoms with Gasteiger partial charge in [0.05, 0.1) is 39.9 Å². The molecular weight excluding hydrogens is 417 g/mol. The van der Waals surface area contributed by atoms with Crippen LogP contribution in [0.25, 0.3) is 0 Å². The van der Waals surface area contributed by atoms with Crippen molar-refractivity contribution in [2.45, 2.75) is 51.6 Å². The van der Waals surface area contributed by atoms with Crippen molar-refractivity contribution in [1.29, 1.82) is 0 Å². The van der Waals surface area contributed by atoms with Gasteiger partial charge in [0.2, 0.25) is 11.8 Å². The maximum atomic E-state index is 12.6. The zero-order valence-corrected chi connectivity index (χ0v) is 18.2. The molecule has 10 heteroatoms. The monoisotopic (exact) mass is 446 g/mol. The standard InChI is InChI=1S/C21H29F3N2O5/c1-14(2)26-11-18(31-13-15-7-16(29-3)9-17(8-15)30-4)10-25(12-20(26)28)19(27)5-6-21(22,23)24/h7-9,14,18H,5-6,10-13H2,1-4H3/t18-/m1/s1. The van der Waals surface area contributed by atoms with Crippen LogP contribution in [0.2, 0.25) is 0 Å². The molecular formula is C21H29F3N2O5. The molecule has 1 aliphatic heterocycles. The van der Waals surface area contributed by atoms with Gasteiger partial charge < -0.3 is 24.0 Å². The van der Waals surface area contributed by atoms with Crippen molar-refractivity contribution in [3.05, 3.63) is 23.8 Å². The smallest absolute Gasteiger partial charge is 0.389 e. The number of nitrogens with zero attached hydrogens (tertiary/aromatic N) is 2. The van der Waals surface area contributed by atoms with Crippen LogP contribution in [0.4, 0.5) is 13.2 Å². The Balaban J connectivity index is 2.13. The summed E-state index contributed by atoms with van der Waals surface area (Å²) in [6.07, 6.45) is -6.91. The molecule has 174 valence electrons. The van der Waals surface area contributed by atoms with Crippen LogP contribution in [-0.4, -0.2) is 73.8 Å². The number of amides is 2. The number of methoxy groups -OCH3 is 2. The number of ether oxygens (including phenoxy) is 3. The number of carbonyl (C=O) groups is 2. The number of hydrogen-bond acceptors (Lipinski definition) is 5. The van der Waals surface area contributed by atoms with E-state index in [1.54, 1.807) is 23.1 Å². The Labute approximate surface area is 180 Å². The summed E-state index contributed by atoms with van der Waals surface area (Å²) in [6.45, 7) is 3.84. The molecule has 1 fully saturated rings. The number of halogens is 3. The number of alkyl halides is 3. The molecule has 1 aromatic rings. The Morgan fingerprint density at radius 2 is 1.74 bits per heavy atom. The van der Waals surface area contributed by atoms with Crippen LogP contribution < -0.4 is 9.47 Å². The maximum absolute atomic E-state index is 12.6. The molecule has 0 radical (unpaired) electrons. The van der Waals surface area contributed by atoms with Gasteiger partial charge in [-0.05, 0) is 31.5 Å². The van der Waals surface area contributed by atoms with Crippen LogP contribution in [-0.2, 0) is 20.9 Å². The van der Waals surface area contributed by atoms with E-state index in [-0.39, 0.29) is 38.2 Å². The molecule has 0 aliphatic carbocycles. The average Bonchev–Trinajstić information content (AvgIpc) is 2.88. The van der Waals surface area contributed by atoms with Gasteiger partial charge in [0.25, 0.3) is 0 Å². The molecule has 0 spiro atoms. The van der Waals surface area contributed by atoms with Crippen LogP contribution in [0.1, 0.15) is 32.3 Å². The Kier molecular flexibility index (Phi) is 8.55. The Bertz CT molecular complexity index is 748. The van der Waals surface area contributed by atoms with Gasteiger partial charge in [-0.2, -0.15) is 13.2 Å². The largest absolute Gasteiger partial charge is 0.497 e. The minimum atomic E-state index is -4.43. The second kappa shape index (κ2) is 10.7. The van der Waals surface area contributed by atoms with E-state index < -0.39 is 31.0 Å². The third-order valence-electron chi connectivity index (χ3n) is 4.97. The van der Waals surface area contributed by atoms with E-state index in [2.05, 4.69) is 0 Å². The van der Waals surface area contributed by atoms with Crippen molar-refractivity contribution in [1.82, 2.24) is 9.80 Å². The van der Waals surface area contributed by atoms with E-state index in [9.17, 15) is 22.8 Å². The van der Waals surface area contributed by atoms with Crippen LogP contribution in [0.5, 0.6) is 11.5 Å². The van der Waals surface area contributed by atoms with Crippen LogP contribution in [0.3, 0.4) is 0 Å². The summed E-state index contributed by atoms with van der Waals surface area (Å²) in [5.41, 5.74) is 0.762. The fraction of sp³-hybridized carbons (Fsp3) is 0.619. The highest BCUT2D eigenvalue weighted by Crippen LogP contribution is 2.25. The lowest BCUT2D eigenvalue weighted by molar-refractivity contribution is -0.150. The van der Waals surface area contributed by atoms with Crippen molar-refractivity contribution in [3.63, 3.8) is 0 Å². The van der Waals surface area contributed by atoms with E-state index in [0.29, 0.717) is 11.5 Å². The van der Waals surface area contributed by atoms with E-state index in [0.717, 1.165) is 10.5 Å². The molecule has 7 nitrogen and oxygen atoms in total. The lowest BCUT2D eigenvalue weighted by Gasteiger charge is -2.27. The summed E-state index contributed by atoms with van der Waals surface area (Å²) in [5, 5.41) is 0. The predicted octanol–water partition coefficient (Wildman–Crippen LogP) is 3.01. The third-order valence-corrected chi connectivity index (χ3v) is 4.97. The molecule has 1 aromatic carbocycles. The molecule has 1 aliphatic rings. The maximum Gasteiger partial charge on any atom is 0.389 e. The second-order valence-corrected chi connectivity index (χ2v) is 7.68. The van der Waals surface area contributed by atoms with Gasteiger partial charge in [0.1, 0.15) is 11.5 Å². The Morgan fingerprint density at radius 3 is 2.26 bits per heavy atom. The molecule has 1 saturated heterocycles. The second-order valence-electron chi connectivity index (χ2n) is 7.68. The van der Waals surface area contributed by atoms with Crippen molar-refractivity contribution >= 4 is 11.8 Å². The van der Waals surface area contributed by atoms with Gasteiger partial charge in [-0.3, -0.25) is 9.59 Å². The lowest BCUT2D eigenvalue weighted by atomic mass is 10.2. The Morgan fingerprint density at radius 1 is 1.13 bits per heavy atom. The van der Waals surface area contributed by atoms with Crippen molar-refractivity contribution in [3.8, 4) is 11.5 Å². The first kappa shape index (κ1) is 24.8. The van der Waals surface area contributed by atoms with Gasteiger partial charge in [0.15, 0.2) is 0 Å². The van der Waals surface area contributed by atoms with E-state index in [1.165, 1.54) is 14.2 Å². The summed E-state index contributed by atoms with van der Waals surface area (Å²) in [7, 11) is 3.06. The molecule has 0 bridgehead atoms. The van der Waals surface area contributed by atoms with Gasteiger partial charge in [-0.25, -0.2) is 0 Å². The van der Waals surface area contributed by atoms with Gasteiger partial charge in [-0.15, -0.1) is 0 Å². The van der Waals surface area contributed by atoms with E-state index >= 15 is 0 Å². The third kappa shape index (κ3) is 7.61. The minimum absolute atomic E-state index is 0.0345. The molecule has 31 heavy (non-hydrogen) atoms. The SMILES string of the molecule is COc1cc(CO[C@@H]2CN(C(=O)CCC(F)(F)F)CC(=O)N(C(C)C)C2)cc(OC)c1. The molecule has 2 rings (SSSR count). The van der Waals surface area contributed by atoms with Crippen LogP contribution >= 0.6 is 0 Å². The number of rotatable bonds is 8. The normalized spacial score (nSPS) is 17.7. The number of carbonyl (C=O) groups excluding carboxylic acids is 2. The van der Waals surface area contributed by atoms with E-state index in [1.807, 2.05) is 13.8 Å². The van der Waals surface area contributed by atoms with Gasteiger partial charge >= 0.3 is 6.18 Å². The average molecular weight is 446 g/mol. The van der Waals surface area contributed by atoms with Crippen molar-refractivity contribution < 1.29 is 37.0 Å². The zero-order valence-electron chi connectivity index (χ0n) is 18.2. The van der Waals surface area contributed by atoms with Gasteiger partial charge in [-0.1, -0.05) is 0 Å². The molecule has 0 saturated carbocycles. The highest BCUT2D eigenvalue weighted by molar-refractivity contribution is 5.85. The highest BCUT2D eigenvalue weighted by Gasteiger charge is 2.34.